The third-order valence-corrected chi connectivity index (χ3v) is 4.85. The minimum atomic E-state index is -0.0245. The van der Waals surface area contributed by atoms with Crippen molar-refractivity contribution >= 4 is 18.3 Å². The number of nitrogens with two attached hydrogens (primary N) is 1. The highest BCUT2D eigenvalue weighted by atomic mass is 35.5. The van der Waals surface area contributed by atoms with Gasteiger partial charge in [0.1, 0.15) is 6.33 Å². The van der Waals surface area contributed by atoms with Crippen molar-refractivity contribution in [3.63, 3.8) is 0 Å². The molecule has 8 heteroatoms. The molecule has 140 valence electrons. The Morgan fingerprint density at radius 2 is 1.81 bits per heavy atom. The van der Waals surface area contributed by atoms with E-state index < -0.39 is 0 Å². The standard InChI is InChI=1S/C19H20N6O.ClH/c20-18-12-24(11-17(18)15-4-2-1-3-5-15)19(26)10-14-6-8-16(9-7-14)25-13-21-22-23-25;/h1-9,13,17-18H,10-12,20H2;1H/t17-,18+;/m0./s1. The molecule has 0 spiro atoms. The molecular weight excluding hydrogens is 364 g/mol. The maximum atomic E-state index is 12.7. The summed E-state index contributed by atoms with van der Waals surface area (Å²) in [6, 6.07) is 17.8. The molecule has 7 nitrogen and oxygen atoms in total. The topological polar surface area (TPSA) is 89.9 Å². The van der Waals surface area contributed by atoms with Crippen LogP contribution in [0.25, 0.3) is 5.69 Å². The summed E-state index contributed by atoms with van der Waals surface area (Å²) in [5.41, 5.74) is 9.31. The van der Waals surface area contributed by atoms with Gasteiger partial charge in [-0.15, -0.1) is 17.5 Å². The summed E-state index contributed by atoms with van der Waals surface area (Å²) in [5.74, 6) is 0.302. The lowest BCUT2D eigenvalue weighted by atomic mass is 9.95. The minimum Gasteiger partial charge on any atom is -0.340 e. The molecule has 1 aliphatic rings. The van der Waals surface area contributed by atoms with E-state index in [1.165, 1.54) is 11.9 Å². The highest BCUT2D eigenvalue weighted by Gasteiger charge is 2.33. The first-order chi connectivity index (χ1) is 12.7. The van der Waals surface area contributed by atoms with E-state index in [-0.39, 0.29) is 30.3 Å². The molecular formula is C19H21ClN6O. The Labute approximate surface area is 163 Å². The summed E-state index contributed by atoms with van der Waals surface area (Å²) in [7, 11) is 0. The number of carbonyl (C=O) groups excluding carboxylic acids is 1. The van der Waals surface area contributed by atoms with E-state index in [1.54, 1.807) is 4.68 Å². The van der Waals surface area contributed by atoms with Gasteiger partial charge in [-0.2, -0.15) is 0 Å². The molecule has 0 aliphatic carbocycles. The summed E-state index contributed by atoms with van der Waals surface area (Å²) in [4.78, 5) is 14.6. The monoisotopic (exact) mass is 384 g/mol. The van der Waals surface area contributed by atoms with Gasteiger partial charge in [-0.05, 0) is 33.7 Å². The second kappa shape index (κ2) is 8.28. The van der Waals surface area contributed by atoms with E-state index in [4.69, 9.17) is 5.73 Å². The highest BCUT2D eigenvalue weighted by molar-refractivity contribution is 5.85. The fourth-order valence-corrected chi connectivity index (χ4v) is 3.42. The summed E-state index contributed by atoms with van der Waals surface area (Å²) in [6.45, 7) is 1.27. The SMILES string of the molecule is Cl.N[C@@H]1CN(C(=O)Cc2ccc(-n3cnnn3)cc2)C[C@H]1c1ccccc1. The number of carbonyl (C=O) groups is 1. The van der Waals surface area contributed by atoms with Crippen molar-refractivity contribution in [2.24, 2.45) is 5.73 Å². The number of tetrazole rings is 1. The molecule has 3 aromatic rings. The largest absolute Gasteiger partial charge is 0.340 e. The smallest absolute Gasteiger partial charge is 0.227 e. The van der Waals surface area contributed by atoms with E-state index in [9.17, 15) is 4.79 Å². The number of benzene rings is 2. The Balaban J connectivity index is 0.00000210. The molecule has 1 aromatic heterocycles. The summed E-state index contributed by atoms with van der Waals surface area (Å²) >= 11 is 0. The van der Waals surface area contributed by atoms with Crippen LogP contribution in [-0.4, -0.2) is 50.1 Å². The van der Waals surface area contributed by atoms with Gasteiger partial charge in [0.25, 0.3) is 0 Å². The van der Waals surface area contributed by atoms with Crippen molar-refractivity contribution in [2.45, 2.75) is 18.4 Å². The second-order valence-electron chi connectivity index (χ2n) is 6.58. The third-order valence-electron chi connectivity index (χ3n) is 4.85. The zero-order chi connectivity index (χ0) is 17.9. The molecule has 27 heavy (non-hydrogen) atoms. The van der Waals surface area contributed by atoms with Crippen LogP contribution in [-0.2, 0) is 11.2 Å². The number of nitrogens with zero attached hydrogens (tertiary/aromatic N) is 5. The van der Waals surface area contributed by atoms with E-state index in [0.717, 1.165) is 11.3 Å². The van der Waals surface area contributed by atoms with Crippen LogP contribution in [0.3, 0.4) is 0 Å². The number of halogens is 1. The predicted molar refractivity (Wildman–Crippen MR) is 104 cm³/mol. The molecule has 0 saturated carbocycles. The van der Waals surface area contributed by atoms with E-state index >= 15 is 0 Å². The van der Waals surface area contributed by atoms with Crippen LogP contribution < -0.4 is 5.73 Å². The van der Waals surface area contributed by atoms with Gasteiger partial charge in [-0.1, -0.05) is 42.5 Å². The summed E-state index contributed by atoms with van der Waals surface area (Å²) < 4.78 is 1.58. The maximum absolute atomic E-state index is 12.7. The van der Waals surface area contributed by atoms with Gasteiger partial charge < -0.3 is 10.6 Å². The molecule has 1 fully saturated rings. The Kier molecular flexibility index (Phi) is 5.83. The van der Waals surface area contributed by atoms with E-state index in [1.807, 2.05) is 47.4 Å². The average Bonchev–Trinajstić information content (AvgIpc) is 3.33. The first-order valence-electron chi connectivity index (χ1n) is 8.61. The van der Waals surface area contributed by atoms with Crippen molar-refractivity contribution in [3.05, 3.63) is 72.1 Å². The van der Waals surface area contributed by atoms with Gasteiger partial charge in [0, 0.05) is 25.0 Å². The Bertz CT molecular complexity index is 869. The molecule has 0 unspecified atom stereocenters. The molecule has 2 aromatic carbocycles. The highest BCUT2D eigenvalue weighted by Crippen LogP contribution is 2.26. The number of hydrogen-bond donors (Lipinski definition) is 1. The van der Waals surface area contributed by atoms with E-state index in [0.29, 0.717) is 19.5 Å². The Morgan fingerprint density at radius 1 is 1.07 bits per heavy atom. The van der Waals surface area contributed by atoms with Gasteiger partial charge in [0.2, 0.25) is 5.91 Å². The van der Waals surface area contributed by atoms with Gasteiger partial charge in [0.05, 0.1) is 12.1 Å². The molecule has 1 amide bonds. The maximum Gasteiger partial charge on any atom is 0.227 e. The molecule has 2 N–H and O–H groups in total. The Morgan fingerprint density at radius 3 is 2.48 bits per heavy atom. The molecule has 2 heterocycles. The fourth-order valence-electron chi connectivity index (χ4n) is 3.42. The van der Waals surface area contributed by atoms with Crippen molar-refractivity contribution < 1.29 is 4.79 Å². The van der Waals surface area contributed by atoms with Crippen LogP contribution in [0.1, 0.15) is 17.0 Å². The lowest BCUT2D eigenvalue weighted by Crippen LogP contribution is -2.33. The van der Waals surface area contributed by atoms with Crippen LogP contribution >= 0.6 is 12.4 Å². The fraction of sp³-hybridized carbons (Fsp3) is 0.263. The van der Waals surface area contributed by atoms with Crippen molar-refractivity contribution in [1.82, 2.24) is 25.1 Å². The number of hydrogen-bond acceptors (Lipinski definition) is 5. The number of likely N-dealkylation sites (tertiary alicyclic amines) is 1. The molecule has 0 radical (unpaired) electrons. The van der Waals surface area contributed by atoms with Gasteiger partial charge in [-0.3, -0.25) is 4.79 Å². The first-order valence-corrected chi connectivity index (χ1v) is 8.61. The van der Waals surface area contributed by atoms with Gasteiger partial charge in [0.15, 0.2) is 0 Å². The summed E-state index contributed by atoms with van der Waals surface area (Å²) in [6.07, 6.45) is 1.90. The van der Waals surface area contributed by atoms with Crippen LogP contribution in [0.2, 0.25) is 0 Å². The lowest BCUT2D eigenvalue weighted by Gasteiger charge is -2.16. The lowest BCUT2D eigenvalue weighted by molar-refractivity contribution is -0.129. The molecule has 2 atom stereocenters. The second-order valence-corrected chi connectivity index (χ2v) is 6.58. The van der Waals surface area contributed by atoms with Crippen LogP contribution in [0, 0.1) is 0 Å². The quantitative estimate of drug-likeness (QED) is 0.737. The van der Waals surface area contributed by atoms with E-state index in [2.05, 4.69) is 27.7 Å². The predicted octanol–water partition coefficient (Wildman–Crippen LogP) is 1.58. The van der Waals surface area contributed by atoms with Gasteiger partial charge in [-0.25, -0.2) is 4.68 Å². The summed E-state index contributed by atoms with van der Waals surface area (Å²) in [5, 5.41) is 11.1. The third kappa shape index (κ3) is 4.15. The van der Waals surface area contributed by atoms with Crippen molar-refractivity contribution in [2.75, 3.05) is 13.1 Å². The van der Waals surface area contributed by atoms with Gasteiger partial charge >= 0.3 is 0 Å². The normalized spacial score (nSPS) is 18.9. The molecule has 1 aliphatic heterocycles. The average molecular weight is 385 g/mol. The number of aromatic nitrogens is 4. The van der Waals surface area contributed by atoms with Crippen LogP contribution in [0.5, 0.6) is 0 Å². The molecule has 4 rings (SSSR count). The number of rotatable bonds is 4. The zero-order valence-electron chi connectivity index (χ0n) is 14.7. The minimum absolute atomic E-state index is 0. The van der Waals surface area contributed by atoms with Crippen LogP contribution in [0.15, 0.2) is 60.9 Å². The molecule has 1 saturated heterocycles. The zero-order valence-corrected chi connectivity index (χ0v) is 15.5. The van der Waals surface area contributed by atoms with Crippen molar-refractivity contribution in [1.29, 1.82) is 0 Å². The Hall–Kier alpha value is -2.77. The number of amides is 1. The first kappa shape index (κ1) is 19.0. The van der Waals surface area contributed by atoms with Crippen LogP contribution in [0.4, 0.5) is 0 Å². The molecule has 0 bridgehead atoms. The van der Waals surface area contributed by atoms with Crippen molar-refractivity contribution in [3.8, 4) is 5.69 Å².